The van der Waals surface area contributed by atoms with E-state index in [9.17, 15) is 14.0 Å². The second kappa shape index (κ2) is 9.16. The van der Waals surface area contributed by atoms with Gasteiger partial charge in [0.25, 0.3) is 11.8 Å². The van der Waals surface area contributed by atoms with E-state index in [-0.39, 0.29) is 17.0 Å². The number of methoxy groups -OCH3 is 2. The van der Waals surface area contributed by atoms with Crippen LogP contribution in [0.2, 0.25) is 0 Å². The van der Waals surface area contributed by atoms with Crippen LogP contribution in [0.1, 0.15) is 11.1 Å². The number of ether oxygens (including phenoxy) is 2. The highest BCUT2D eigenvalue weighted by Gasteiger charge is 2.43. The van der Waals surface area contributed by atoms with Gasteiger partial charge in [-0.1, -0.05) is 42.5 Å². The molecule has 0 spiro atoms. The number of hydrogen-bond donors (Lipinski definition) is 0. The molecular formula is C26H23FN2O4. The van der Waals surface area contributed by atoms with Gasteiger partial charge in [-0.05, 0) is 35.4 Å². The molecule has 0 radical (unpaired) electrons. The Morgan fingerprint density at radius 2 is 1.58 bits per heavy atom. The van der Waals surface area contributed by atoms with Gasteiger partial charge in [-0.15, -0.1) is 0 Å². The van der Waals surface area contributed by atoms with Crippen molar-refractivity contribution in [3.8, 4) is 11.5 Å². The molecule has 3 aromatic carbocycles. The summed E-state index contributed by atoms with van der Waals surface area (Å²) in [6.07, 6.45) is 0. The number of benzene rings is 3. The van der Waals surface area contributed by atoms with Gasteiger partial charge in [0.2, 0.25) is 0 Å². The number of imide groups is 1. The number of likely N-dealkylation sites (N-methyl/N-ethyl adjacent to an activating group) is 1. The Bertz CT molecular complexity index is 1220. The largest absolute Gasteiger partial charge is 0.497 e. The first-order chi connectivity index (χ1) is 15.9. The number of carbonyl (C=O) groups is 2. The van der Waals surface area contributed by atoms with Gasteiger partial charge in [-0.2, -0.15) is 0 Å². The summed E-state index contributed by atoms with van der Waals surface area (Å²) in [5.41, 5.74) is 2.12. The minimum absolute atomic E-state index is 0.198. The van der Waals surface area contributed by atoms with Crippen LogP contribution in [0.25, 0.3) is 5.57 Å². The van der Waals surface area contributed by atoms with E-state index >= 15 is 0 Å². The molecule has 0 saturated carbocycles. The fraction of sp³-hybridized carbons (Fsp3) is 0.154. The first kappa shape index (κ1) is 22.1. The van der Waals surface area contributed by atoms with Crippen molar-refractivity contribution >= 4 is 23.1 Å². The Kier molecular flexibility index (Phi) is 6.13. The van der Waals surface area contributed by atoms with Gasteiger partial charge in [0.15, 0.2) is 0 Å². The zero-order chi connectivity index (χ0) is 23.5. The lowest BCUT2D eigenvalue weighted by Gasteiger charge is -2.22. The second-order valence-electron chi connectivity index (χ2n) is 7.56. The van der Waals surface area contributed by atoms with Gasteiger partial charge in [0.1, 0.15) is 23.0 Å². The number of anilines is 1. The third-order valence-corrected chi connectivity index (χ3v) is 5.46. The van der Waals surface area contributed by atoms with E-state index in [1.54, 1.807) is 30.1 Å². The van der Waals surface area contributed by atoms with E-state index < -0.39 is 17.6 Å². The SMILES string of the molecule is COc1ccc(OC)c(N2C(=O)C(c3ccc(F)cc3)=C(N(C)Cc3ccccc3)C2=O)c1. The predicted molar refractivity (Wildman–Crippen MR) is 123 cm³/mol. The van der Waals surface area contributed by atoms with Gasteiger partial charge in [0.05, 0.1) is 25.5 Å². The zero-order valence-corrected chi connectivity index (χ0v) is 18.5. The molecule has 1 heterocycles. The topological polar surface area (TPSA) is 59.1 Å². The van der Waals surface area contributed by atoms with Crippen LogP contribution in [-0.4, -0.2) is 38.0 Å². The molecule has 3 aromatic rings. The van der Waals surface area contributed by atoms with E-state index in [1.165, 1.54) is 38.5 Å². The Balaban J connectivity index is 1.83. The van der Waals surface area contributed by atoms with Crippen molar-refractivity contribution in [2.45, 2.75) is 6.54 Å². The number of nitrogens with zero attached hydrogens (tertiary/aromatic N) is 2. The van der Waals surface area contributed by atoms with Crippen LogP contribution in [-0.2, 0) is 16.1 Å². The molecular weight excluding hydrogens is 423 g/mol. The lowest BCUT2D eigenvalue weighted by molar-refractivity contribution is -0.120. The van der Waals surface area contributed by atoms with Crippen LogP contribution in [0, 0.1) is 5.82 Å². The first-order valence-electron chi connectivity index (χ1n) is 10.3. The van der Waals surface area contributed by atoms with Crippen LogP contribution < -0.4 is 14.4 Å². The number of hydrogen-bond acceptors (Lipinski definition) is 5. The Morgan fingerprint density at radius 1 is 0.879 bits per heavy atom. The first-order valence-corrected chi connectivity index (χ1v) is 10.3. The van der Waals surface area contributed by atoms with E-state index in [2.05, 4.69) is 0 Å². The molecule has 6 nitrogen and oxygen atoms in total. The maximum absolute atomic E-state index is 13.7. The van der Waals surface area contributed by atoms with Gasteiger partial charge in [-0.25, -0.2) is 9.29 Å². The van der Waals surface area contributed by atoms with Gasteiger partial charge in [0, 0.05) is 19.7 Å². The molecule has 2 amide bonds. The molecule has 4 rings (SSSR count). The van der Waals surface area contributed by atoms with Crippen LogP contribution in [0.3, 0.4) is 0 Å². The molecule has 0 aliphatic carbocycles. The lowest BCUT2D eigenvalue weighted by Crippen LogP contribution is -2.34. The molecule has 0 unspecified atom stereocenters. The molecule has 0 fully saturated rings. The number of halogens is 1. The van der Waals surface area contributed by atoms with Crippen LogP contribution >= 0.6 is 0 Å². The van der Waals surface area contributed by atoms with Crippen molar-refractivity contribution in [2.24, 2.45) is 0 Å². The van der Waals surface area contributed by atoms with Crippen molar-refractivity contribution < 1.29 is 23.5 Å². The minimum atomic E-state index is -0.520. The van der Waals surface area contributed by atoms with Crippen LogP contribution in [0.15, 0.2) is 78.5 Å². The molecule has 0 aromatic heterocycles. The monoisotopic (exact) mass is 446 g/mol. The average Bonchev–Trinajstić information content (AvgIpc) is 3.09. The third-order valence-electron chi connectivity index (χ3n) is 5.46. The lowest BCUT2D eigenvalue weighted by atomic mass is 10.0. The Labute approximate surface area is 191 Å². The summed E-state index contributed by atoms with van der Waals surface area (Å²) in [5, 5.41) is 0. The molecule has 33 heavy (non-hydrogen) atoms. The van der Waals surface area contributed by atoms with Crippen molar-refractivity contribution in [3.05, 3.63) is 95.4 Å². The van der Waals surface area contributed by atoms with Crippen molar-refractivity contribution in [3.63, 3.8) is 0 Å². The maximum Gasteiger partial charge on any atom is 0.282 e. The highest BCUT2D eigenvalue weighted by atomic mass is 19.1. The molecule has 0 bridgehead atoms. The van der Waals surface area contributed by atoms with Crippen molar-refractivity contribution in [2.75, 3.05) is 26.2 Å². The highest BCUT2D eigenvalue weighted by Crippen LogP contribution is 2.40. The Hall–Kier alpha value is -4.13. The standard InChI is InChI=1S/C26H23FN2O4/c1-28(16-17-7-5-4-6-8-17)24-23(18-9-11-19(27)12-10-18)25(30)29(26(24)31)21-15-20(32-2)13-14-22(21)33-3/h4-15H,16H2,1-3H3. The molecule has 0 saturated heterocycles. The summed E-state index contributed by atoms with van der Waals surface area (Å²) in [5.74, 6) is -0.622. The summed E-state index contributed by atoms with van der Waals surface area (Å²) in [4.78, 5) is 30.2. The quantitative estimate of drug-likeness (QED) is 0.508. The van der Waals surface area contributed by atoms with E-state index in [0.717, 1.165) is 10.5 Å². The van der Waals surface area contributed by atoms with E-state index in [0.29, 0.717) is 23.6 Å². The fourth-order valence-corrected chi connectivity index (χ4v) is 3.88. The Morgan fingerprint density at radius 3 is 2.21 bits per heavy atom. The van der Waals surface area contributed by atoms with Crippen molar-refractivity contribution in [1.29, 1.82) is 0 Å². The minimum Gasteiger partial charge on any atom is -0.497 e. The molecule has 1 aliphatic rings. The summed E-state index contributed by atoms with van der Waals surface area (Å²) < 4.78 is 24.3. The van der Waals surface area contributed by atoms with Gasteiger partial charge >= 0.3 is 0 Å². The summed E-state index contributed by atoms with van der Waals surface area (Å²) in [6.45, 7) is 0.406. The van der Waals surface area contributed by atoms with Crippen molar-refractivity contribution in [1.82, 2.24) is 4.90 Å². The number of amides is 2. The third kappa shape index (κ3) is 4.17. The van der Waals surface area contributed by atoms with Crippen LogP contribution in [0.4, 0.5) is 10.1 Å². The van der Waals surface area contributed by atoms with E-state index in [1.807, 2.05) is 30.3 Å². The smallest absolute Gasteiger partial charge is 0.282 e. The van der Waals surface area contributed by atoms with Crippen LogP contribution in [0.5, 0.6) is 11.5 Å². The number of carbonyl (C=O) groups excluding carboxylic acids is 2. The molecule has 1 aliphatic heterocycles. The summed E-state index contributed by atoms with van der Waals surface area (Å²) in [6, 6.07) is 20.1. The molecule has 0 atom stereocenters. The molecule has 0 N–H and O–H groups in total. The van der Waals surface area contributed by atoms with Gasteiger partial charge in [-0.3, -0.25) is 9.59 Å². The van der Waals surface area contributed by atoms with E-state index in [4.69, 9.17) is 9.47 Å². The number of rotatable bonds is 7. The zero-order valence-electron chi connectivity index (χ0n) is 18.5. The maximum atomic E-state index is 13.7. The summed E-state index contributed by atoms with van der Waals surface area (Å²) >= 11 is 0. The summed E-state index contributed by atoms with van der Waals surface area (Å²) in [7, 11) is 4.72. The predicted octanol–water partition coefficient (Wildman–Crippen LogP) is 4.26. The highest BCUT2D eigenvalue weighted by molar-refractivity contribution is 6.45. The van der Waals surface area contributed by atoms with Gasteiger partial charge < -0.3 is 14.4 Å². The molecule has 7 heteroatoms. The molecule has 168 valence electrons. The normalized spacial score (nSPS) is 13.5. The fourth-order valence-electron chi connectivity index (χ4n) is 3.88. The average molecular weight is 446 g/mol. The second-order valence-corrected chi connectivity index (χ2v) is 7.56.